The van der Waals surface area contributed by atoms with Crippen LogP contribution >= 0.6 is 11.6 Å². The summed E-state index contributed by atoms with van der Waals surface area (Å²) in [5.74, 6) is -0.0498. The van der Waals surface area contributed by atoms with Gasteiger partial charge < -0.3 is 15.4 Å². The summed E-state index contributed by atoms with van der Waals surface area (Å²) in [5, 5.41) is 0.479. The van der Waals surface area contributed by atoms with Crippen LogP contribution in [0.4, 0.5) is 5.69 Å². The van der Waals surface area contributed by atoms with Crippen molar-refractivity contribution in [1.82, 2.24) is 4.90 Å². The van der Waals surface area contributed by atoms with E-state index in [0.717, 1.165) is 0 Å². The minimum absolute atomic E-state index is 0.0498. The van der Waals surface area contributed by atoms with Crippen molar-refractivity contribution in [2.24, 2.45) is 0 Å². The Hall–Kier alpha value is -1.26. The van der Waals surface area contributed by atoms with Gasteiger partial charge in [-0.3, -0.25) is 4.79 Å². The molecule has 1 fully saturated rings. The van der Waals surface area contributed by atoms with E-state index < -0.39 is 0 Å². The summed E-state index contributed by atoms with van der Waals surface area (Å²) in [5.41, 5.74) is 6.73. The Morgan fingerprint density at radius 2 is 1.94 bits per heavy atom. The molecule has 1 saturated heterocycles. The number of nitrogen functional groups attached to an aromatic ring is 1. The van der Waals surface area contributed by atoms with E-state index in [1.807, 2.05) is 13.8 Å². The van der Waals surface area contributed by atoms with E-state index in [-0.39, 0.29) is 18.1 Å². The first kappa shape index (κ1) is 13.2. The molecule has 98 valence electrons. The van der Waals surface area contributed by atoms with E-state index in [0.29, 0.717) is 29.4 Å². The van der Waals surface area contributed by atoms with Crippen molar-refractivity contribution >= 4 is 23.2 Å². The molecule has 0 saturated carbocycles. The van der Waals surface area contributed by atoms with Crippen LogP contribution < -0.4 is 5.73 Å². The van der Waals surface area contributed by atoms with Crippen molar-refractivity contribution in [2.75, 3.05) is 18.8 Å². The average molecular weight is 269 g/mol. The van der Waals surface area contributed by atoms with Crippen LogP contribution in [0.3, 0.4) is 0 Å². The fourth-order valence-corrected chi connectivity index (χ4v) is 2.51. The Balaban J connectivity index is 2.20. The fraction of sp³-hybridized carbons (Fsp3) is 0.462. The van der Waals surface area contributed by atoms with Gasteiger partial charge in [0, 0.05) is 29.4 Å². The third-order valence-electron chi connectivity index (χ3n) is 2.87. The lowest BCUT2D eigenvalue weighted by Gasteiger charge is -2.35. The van der Waals surface area contributed by atoms with Gasteiger partial charge in [-0.05, 0) is 32.0 Å². The van der Waals surface area contributed by atoms with Crippen molar-refractivity contribution in [3.8, 4) is 0 Å². The molecule has 0 aromatic heterocycles. The molecule has 18 heavy (non-hydrogen) atoms. The molecule has 0 aliphatic carbocycles. The highest BCUT2D eigenvalue weighted by atomic mass is 35.5. The van der Waals surface area contributed by atoms with Crippen LogP contribution in [0.25, 0.3) is 0 Å². The van der Waals surface area contributed by atoms with Crippen molar-refractivity contribution < 1.29 is 9.53 Å². The van der Waals surface area contributed by atoms with E-state index in [1.165, 1.54) is 0 Å². The Bertz CT molecular complexity index is 434. The highest BCUT2D eigenvalue weighted by Crippen LogP contribution is 2.20. The van der Waals surface area contributed by atoms with Gasteiger partial charge in [-0.1, -0.05) is 11.6 Å². The van der Waals surface area contributed by atoms with Gasteiger partial charge in [-0.25, -0.2) is 0 Å². The number of morpholine rings is 1. The van der Waals surface area contributed by atoms with E-state index in [2.05, 4.69) is 0 Å². The molecule has 5 heteroatoms. The number of carbonyl (C=O) groups excluding carboxylic acids is 1. The third-order valence-corrected chi connectivity index (χ3v) is 3.09. The zero-order valence-corrected chi connectivity index (χ0v) is 11.3. The zero-order chi connectivity index (χ0) is 13.3. The molecule has 1 aromatic rings. The molecule has 0 unspecified atom stereocenters. The summed E-state index contributed by atoms with van der Waals surface area (Å²) in [4.78, 5) is 14.1. The number of carbonyl (C=O) groups is 1. The average Bonchev–Trinajstić information content (AvgIpc) is 2.25. The van der Waals surface area contributed by atoms with Gasteiger partial charge in [0.2, 0.25) is 0 Å². The molecule has 1 heterocycles. The maximum atomic E-state index is 12.4. The summed E-state index contributed by atoms with van der Waals surface area (Å²) < 4.78 is 5.61. The SMILES string of the molecule is C[C@@H]1CN(C(=O)c2cc(N)cc(Cl)c2)C[C@H](C)O1. The van der Waals surface area contributed by atoms with Crippen molar-refractivity contribution in [3.63, 3.8) is 0 Å². The monoisotopic (exact) mass is 268 g/mol. The van der Waals surface area contributed by atoms with E-state index >= 15 is 0 Å². The molecule has 0 radical (unpaired) electrons. The number of benzene rings is 1. The van der Waals surface area contributed by atoms with E-state index in [9.17, 15) is 4.79 Å². The predicted octanol–water partition coefficient (Wildman–Crippen LogP) is 2.17. The summed E-state index contributed by atoms with van der Waals surface area (Å²) >= 11 is 5.92. The molecule has 0 spiro atoms. The molecule has 2 N–H and O–H groups in total. The number of hydrogen-bond acceptors (Lipinski definition) is 3. The predicted molar refractivity (Wildman–Crippen MR) is 71.8 cm³/mol. The fourth-order valence-electron chi connectivity index (χ4n) is 2.26. The number of hydrogen-bond donors (Lipinski definition) is 1. The minimum atomic E-state index is -0.0498. The highest BCUT2D eigenvalue weighted by molar-refractivity contribution is 6.31. The Labute approximate surface area is 112 Å². The molecule has 1 amide bonds. The lowest BCUT2D eigenvalue weighted by atomic mass is 10.1. The molecule has 1 aliphatic rings. The van der Waals surface area contributed by atoms with Crippen LogP contribution in [-0.4, -0.2) is 36.1 Å². The van der Waals surface area contributed by atoms with Gasteiger partial charge in [0.25, 0.3) is 5.91 Å². The summed E-state index contributed by atoms with van der Waals surface area (Å²) in [6.45, 7) is 5.11. The van der Waals surface area contributed by atoms with Gasteiger partial charge in [0.05, 0.1) is 12.2 Å². The Kier molecular flexibility index (Phi) is 3.78. The van der Waals surface area contributed by atoms with Gasteiger partial charge in [-0.2, -0.15) is 0 Å². The van der Waals surface area contributed by atoms with Crippen LogP contribution in [0.2, 0.25) is 5.02 Å². The first-order valence-electron chi connectivity index (χ1n) is 5.96. The zero-order valence-electron chi connectivity index (χ0n) is 10.5. The molecular formula is C13H17ClN2O2. The van der Waals surface area contributed by atoms with Crippen molar-refractivity contribution in [2.45, 2.75) is 26.1 Å². The quantitative estimate of drug-likeness (QED) is 0.794. The number of ether oxygens (including phenoxy) is 1. The molecule has 2 rings (SSSR count). The van der Waals surface area contributed by atoms with Gasteiger partial charge >= 0.3 is 0 Å². The summed E-state index contributed by atoms with van der Waals surface area (Å²) in [6.07, 6.45) is 0.100. The van der Waals surface area contributed by atoms with Crippen LogP contribution in [0.5, 0.6) is 0 Å². The van der Waals surface area contributed by atoms with E-state index in [1.54, 1.807) is 23.1 Å². The third kappa shape index (κ3) is 2.94. The van der Waals surface area contributed by atoms with Crippen LogP contribution in [0, 0.1) is 0 Å². The van der Waals surface area contributed by atoms with Crippen molar-refractivity contribution in [1.29, 1.82) is 0 Å². The van der Waals surface area contributed by atoms with Gasteiger partial charge in [-0.15, -0.1) is 0 Å². The number of anilines is 1. The topological polar surface area (TPSA) is 55.6 Å². The second-order valence-corrected chi connectivity index (χ2v) is 5.18. The number of nitrogens with two attached hydrogens (primary N) is 1. The summed E-state index contributed by atoms with van der Waals surface area (Å²) in [6, 6.07) is 4.92. The van der Waals surface area contributed by atoms with Gasteiger partial charge in [0.15, 0.2) is 0 Å². The molecule has 1 aromatic carbocycles. The standard InChI is InChI=1S/C13H17ClN2O2/c1-8-6-16(7-9(2)18-8)13(17)10-3-11(14)5-12(15)4-10/h3-5,8-9H,6-7,15H2,1-2H3/t8-,9+. The maximum Gasteiger partial charge on any atom is 0.254 e. The van der Waals surface area contributed by atoms with Crippen LogP contribution in [0.15, 0.2) is 18.2 Å². The number of rotatable bonds is 1. The van der Waals surface area contributed by atoms with Crippen molar-refractivity contribution in [3.05, 3.63) is 28.8 Å². The molecule has 1 aliphatic heterocycles. The van der Waals surface area contributed by atoms with Crippen LogP contribution in [-0.2, 0) is 4.74 Å². The summed E-state index contributed by atoms with van der Waals surface area (Å²) in [7, 11) is 0. The highest BCUT2D eigenvalue weighted by Gasteiger charge is 2.26. The lowest BCUT2D eigenvalue weighted by molar-refractivity contribution is -0.0586. The molecule has 4 nitrogen and oxygen atoms in total. The Morgan fingerprint density at radius 3 is 2.50 bits per heavy atom. The number of halogens is 1. The molecule has 0 bridgehead atoms. The van der Waals surface area contributed by atoms with Gasteiger partial charge in [0.1, 0.15) is 0 Å². The van der Waals surface area contributed by atoms with Crippen LogP contribution in [0.1, 0.15) is 24.2 Å². The first-order valence-corrected chi connectivity index (χ1v) is 6.34. The number of amides is 1. The molecular weight excluding hydrogens is 252 g/mol. The second kappa shape index (κ2) is 5.16. The van der Waals surface area contributed by atoms with E-state index in [4.69, 9.17) is 22.1 Å². The number of nitrogens with zero attached hydrogens (tertiary/aromatic N) is 1. The molecule has 2 atom stereocenters. The second-order valence-electron chi connectivity index (χ2n) is 4.74. The smallest absolute Gasteiger partial charge is 0.254 e. The Morgan fingerprint density at radius 1 is 1.33 bits per heavy atom. The largest absolute Gasteiger partial charge is 0.399 e. The minimum Gasteiger partial charge on any atom is -0.399 e. The lowest BCUT2D eigenvalue weighted by Crippen LogP contribution is -2.48. The normalized spacial score (nSPS) is 24.1. The first-order chi connectivity index (χ1) is 8.45. The maximum absolute atomic E-state index is 12.4.